The molecule has 0 bridgehead atoms. The molecule has 0 aromatic heterocycles. The Balaban J connectivity index is 2.87. The Morgan fingerprint density at radius 1 is 0.889 bits per heavy atom. The van der Waals surface area contributed by atoms with Crippen LogP contribution in [0.2, 0.25) is 0 Å². The van der Waals surface area contributed by atoms with Crippen molar-refractivity contribution >= 4 is 23.5 Å². The summed E-state index contributed by atoms with van der Waals surface area (Å²) in [6, 6.07) is 0. The van der Waals surface area contributed by atoms with Gasteiger partial charge in [-0.3, -0.25) is 9.05 Å². The zero-order valence-corrected chi connectivity index (χ0v) is 12.6. The van der Waals surface area contributed by atoms with Crippen molar-refractivity contribution in [2.24, 2.45) is 0 Å². The van der Waals surface area contributed by atoms with Crippen LogP contribution in [-0.2, 0) is 35.7 Å². The fourth-order valence-corrected chi connectivity index (χ4v) is 6.65. The van der Waals surface area contributed by atoms with Crippen molar-refractivity contribution in [3.63, 3.8) is 0 Å². The molecule has 2 atom stereocenters. The summed E-state index contributed by atoms with van der Waals surface area (Å²) in [7, 11) is -13.7. The lowest BCUT2D eigenvalue weighted by molar-refractivity contribution is 0.117. The van der Waals surface area contributed by atoms with Gasteiger partial charge in [-0.15, -0.1) is 0 Å². The van der Waals surface area contributed by atoms with Gasteiger partial charge >= 0.3 is 23.5 Å². The van der Waals surface area contributed by atoms with Gasteiger partial charge in [0.1, 0.15) is 0 Å². The van der Waals surface area contributed by atoms with Gasteiger partial charge in [-0.2, -0.15) is 12.9 Å². The van der Waals surface area contributed by atoms with Crippen molar-refractivity contribution in [1.82, 2.24) is 0 Å². The highest BCUT2D eigenvalue weighted by molar-refractivity contribution is 7.75. The molecular weight excluding hydrogens is 309 g/mol. The molecule has 108 valence electrons. The van der Waals surface area contributed by atoms with Crippen LogP contribution in [0.5, 0.6) is 0 Å². The molecule has 1 aliphatic rings. The largest absolute Gasteiger partial charge is 0.492 e. The average molecular weight is 324 g/mol. The lowest BCUT2D eigenvalue weighted by atomic mass is 10.5. The van der Waals surface area contributed by atoms with Gasteiger partial charge in [0, 0.05) is 0 Å². The van der Waals surface area contributed by atoms with E-state index in [0.29, 0.717) is 12.8 Å². The maximum atomic E-state index is 11.9. The summed E-state index contributed by atoms with van der Waals surface area (Å²) in [5.41, 5.74) is 0. The first-order chi connectivity index (χ1) is 8.24. The van der Waals surface area contributed by atoms with Gasteiger partial charge in [-0.05, 0) is 12.8 Å². The van der Waals surface area contributed by atoms with Crippen LogP contribution in [0.15, 0.2) is 0 Å². The van der Waals surface area contributed by atoms with Gasteiger partial charge in [0.05, 0.1) is 13.2 Å². The first-order valence-electron chi connectivity index (χ1n) is 5.20. The molecule has 1 rings (SSSR count). The Labute approximate surface area is 105 Å². The second kappa shape index (κ2) is 6.27. The first-order valence-corrected chi connectivity index (χ1v) is 9.62. The van der Waals surface area contributed by atoms with Crippen LogP contribution >= 0.6 is 23.5 Å². The maximum Gasteiger partial charge on any atom is 0.492 e. The Hall–Kier alpha value is 0.450. The highest BCUT2D eigenvalue weighted by Gasteiger charge is 2.55. The van der Waals surface area contributed by atoms with E-state index in [1.165, 1.54) is 0 Å². The monoisotopic (exact) mass is 324 g/mol. The molecule has 2 unspecified atom stereocenters. The summed E-state index contributed by atoms with van der Waals surface area (Å²) in [5.74, 6) is 0. The molecule has 18 heavy (non-hydrogen) atoms. The van der Waals surface area contributed by atoms with Gasteiger partial charge in [-0.1, -0.05) is 13.8 Å². The molecule has 1 aliphatic heterocycles. The second-order valence-corrected chi connectivity index (χ2v) is 8.48. The smallest absolute Gasteiger partial charge is 0.302 e. The molecule has 0 amide bonds. The summed E-state index contributed by atoms with van der Waals surface area (Å²) in [6.07, 6.45) is 0.904. The van der Waals surface area contributed by atoms with E-state index in [2.05, 4.69) is 22.0 Å². The van der Waals surface area contributed by atoms with Crippen molar-refractivity contribution in [2.45, 2.75) is 26.7 Å². The van der Waals surface area contributed by atoms with E-state index in [1.807, 2.05) is 0 Å². The standard InChI is InChI=1S/C6H15O9P3/c1-3-5-11-17(9)13-16(7,8)14-18(10,15-17)12-6-4-2/h3-6H2,1-2H3,(H,7,8). The third kappa shape index (κ3) is 4.85. The highest BCUT2D eigenvalue weighted by atomic mass is 31.3. The van der Waals surface area contributed by atoms with Gasteiger partial charge in [0.2, 0.25) is 0 Å². The molecule has 1 fully saturated rings. The van der Waals surface area contributed by atoms with Crippen LogP contribution in [-0.4, -0.2) is 18.1 Å². The summed E-state index contributed by atoms with van der Waals surface area (Å²) in [5, 5.41) is 0. The van der Waals surface area contributed by atoms with Crippen molar-refractivity contribution in [1.29, 1.82) is 0 Å². The fourth-order valence-electron chi connectivity index (χ4n) is 0.920. The van der Waals surface area contributed by atoms with E-state index in [-0.39, 0.29) is 13.2 Å². The highest BCUT2D eigenvalue weighted by Crippen LogP contribution is 2.81. The SMILES string of the molecule is CCCOP1(=O)OP(=O)(O)OP(=O)(OCCC)O1. The predicted molar refractivity (Wildman–Crippen MR) is 60.8 cm³/mol. The van der Waals surface area contributed by atoms with Crippen LogP contribution < -0.4 is 0 Å². The van der Waals surface area contributed by atoms with Crippen LogP contribution in [0.4, 0.5) is 0 Å². The van der Waals surface area contributed by atoms with Crippen molar-refractivity contribution < 1.29 is 40.6 Å². The zero-order chi connectivity index (χ0) is 13.9. The Kier molecular flexibility index (Phi) is 5.75. The number of rotatable bonds is 6. The van der Waals surface area contributed by atoms with Crippen molar-refractivity contribution in [2.75, 3.05) is 13.2 Å². The van der Waals surface area contributed by atoms with E-state index in [4.69, 9.17) is 0 Å². The third-order valence-electron chi connectivity index (χ3n) is 1.51. The van der Waals surface area contributed by atoms with Crippen LogP contribution in [0.25, 0.3) is 0 Å². The summed E-state index contributed by atoms with van der Waals surface area (Å²) >= 11 is 0. The molecule has 0 spiro atoms. The molecular formula is C6H15O9P3. The lowest BCUT2D eigenvalue weighted by Crippen LogP contribution is -2.09. The van der Waals surface area contributed by atoms with E-state index in [0.717, 1.165) is 0 Å². The number of hydrogen-bond acceptors (Lipinski definition) is 8. The molecule has 1 saturated heterocycles. The summed E-state index contributed by atoms with van der Waals surface area (Å²) in [4.78, 5) is 9.17. The van der Waals surface area contributed by atoms with E-state index < -0.39 is 23.5 Å². The molecule has 9 nitrogen and oxygen atoms in total. The topological polar surface area (TPSA) is 118 Å². The van der Waals surface area contributed by atoms with E-state index in [1.54, 1.807) is 13.8 Å². The molecule has 1 heterocycles. The molecule has 0 radical (unpaired) electrons. The second-order valence-electron chi connectivity index (χ2n) is 3.27. The van der Waals surface area contributed by atoms with Crippen molar-refractivity contribution in [3.05, 3.63) is 0 Å². The average Bonchev–Trinajstić information content (AvgIpc) is 2.20. The molecule has 12 heteroatoms. The van der Waals surface area contributed by atoms with Crippen molar-refractivity contribution in [3.8, 4) is 0 Å². The molecule has 0 aliphatic carbocycles. The van der Waals surface area contributed by atoms with Crippen LogP contribution in [0, 0.1) is 0 Å². The van der Waals surface area contributed by atoms with Crippen LogP contribution in [0.1, 0.15) is 26.7 Å². The van der Waals surface area contributed by atoms with Crippen LogP contribution in [0.3, 0.4) is 0 Å². The van der Waals surface area contributed by atoms with Gasteiger partial charge in [-0.25, -0.2) is 13.7 Å². The summed E-state index contributed by atoms with van der Waals surface area (Å²) in [6.45, 7) is 3.28. The normalized spacial score (nSPS) is 40.8. The van der Waals surface area contributed by atoms with E-state index in [9.17, 15) is 18.6 Å². The minimum atomic E-state index is -4.81. The quantitative estimate of drug-likeness (QED) is 0.734. The Morgan fingerprint density at radius 2 is 1.28 bits per heavy atom. The molecule has 1 N–H and O–H groups in total. The minimum absolute atomic E-state index is 0.0644. The molecule has 0 aromatic carbocycles. The number of hydrogen-bond donors (Lipinski definition) is 1. The van der Waals surface area contributed by atoms with Gasteiger partial charge in [0.15, 0.2) is 0 Å². The zero-order valence-electron chi connectivity index (χ0n) is 9.88. The molecule has 0 aromatic rings. The van der Waals surface area contributed by atoms with Gasteiger partial charge < -0.3 is 4.89 Å². The number of phosphoric acid groups is 3. The Bertz CT molecular complexity index is 387. The van der Waals surface area contributed by atoms with Gasteiger partial charge in [0.25, 0.3) is 0 Å². The maximum absolute atomic E-state index is 11.9. The Morgan fingerprint density at radius 3 is 1.61 bits per heavy atom. The van der Waals surface area contributed by atoms with E-state index >= 15 is 0 Å². The first kappa shape index (κ1) is 16.5. The summed E-state index contributed by atoms with van der Waals surface area (Å²) < 4.78 is 57.2. The third-order valence-corrected chi connectivity index (χ3v) is 7.36. The predicted octanol–water partition coefficient (Wildman–Crippen LogP) is 3.22. The lowest BCUT2D eigenvalue weighted by Gasteiger charge is -2.29. The fraction of sp³-hybridized carbons (Fsp3) is 1.00. The minimum Gasteiger partial charge on any atom is -0.302 e. The molecule has 0 saturated carbocycles.